The van der Waals surface area contributed by atoms with Gasteiger partial charge in [-0.05, 0) is 11.1 Å². The van der Waals surface area contributed by atoms with Crippen molar-refractivity contribution in [3.05, 3.63) is 71.8 Å². The van der Waals surface area contributed by atoms with Crippen molar-refractivity contribution in [2.75, 3.05) is 6.61 Å². The molecule has 0 saturated carbocycles. The molecule has 2 atom stereocenters. The van der Waals surface area contributed by atoms with E-state index in [4.69, 9.17) is 9.47 Å². The van der Waals surface area contributed by atoms with Gasteiger partial charge >= 0.3 is 12.2 Å². The number of benzene rings is 2. The van der Waals surface area contributed by atoms with E-state index < -0.39 is 12.2 Å². The van der Waals surface area contributed by atoms with Gasteiger partial charge in [-0.25, -0.2) is 20.0 Å². The summed E-state index contributed by atoms with van der Waals surface area (Å²) in [6, 6.07) is 19.2. The Bertz CT molecular complexity index is 757. The molecule has 0 aromatic heterocycles. The van der Waals surface area contributed by atoms with Gasteiger partial charge in [-0.2, -0.15) is 11.8 Å². The maximum absolute atomic E-state index is 12.1. The molecule has 6 nitrogen and oxygen atoms in total. The molecule has 27 heavy (non-hydrogen) atoms. The van der Waals surface area contributed by atoms with Crippen LogP contribution in [0.3, 0.4) is 0 Å². The second-order valence-corrected chi connectivity index (χ2v) is 7.56. The molecule has 1 heterocycles. The van der Waals surface area contributed by atoms with E-state index in [1.807, 2.05) is 55.5 Å². The number of carbonyl (C=O) groups excluding carboxylic acids is 2. The van der Waals surface area contributed by atoms with Gasteiger partial charge in [-0.3, -0.25) is 0 Å². The molecule has 0 aliphatic carbocycles. The predicted octanol–water partition coefficient (Wildman–Crippen LogP) is 3.97. The number of amides is 2. The summed E-state index contributed by atoms with van der Waals surface area (Å²) in [5, 5.41) is 1.31. The number of rotatable bonds is 7. The first-order valence-electron chi connectivity index (χ1n) is 8.72. The van der Waals surface area contributed by atoms with Crippen LogP contribution in [0.4, 0.5) is 9.59 Å². The van der Waals surface area contributed by atoms with Gasteiger partial charge < -0.3 is 9.47 Å². The lowest BCUT2D eigenvalue weighted by Gasteiger charge is -2.26. The fourth-order valence-corrected chi connectivity index (χ4v) is 3.75. The monoisotopic (exact) mass is 386 g/mol. The summed E-state index contributed by atoms with van der Waals surface area (Å²) in [5.41, 5.74) is 4.60. The minimum absolute atomic E-state index is 0.0751. The van der Waals surface area contributed by atoms with Crippen LogP contribution in [-0.4, -0.2) is 35.1 Å². The summed E-state index contributed by atoms with van der Waals surface area (Å²) in [6.07, 6.45) is -1.24. The highest BCUT2D eigenvalue weighted by Gasteiger charge is 2.38. The average molecular weight is 386 g/mol. The Labute approximate surface area is 162 Å². The van der Waals surface area contributed by atoms with Crippen molar-refractivity contribution in [1.82, 2.24) is 10.4 Å². The summed E-state index contributed by atoms with van der Waals surface area (Å²) < 4.78 is 10.3. The zero-order valence-electron chi connectivity index (χ0n) is 15.0. The average Bonchev–Trinajstić information content (AvgIpc) is 3.06. The molecular weight excluding hydrogens is 364 g/mol. The molecule has 3 rings (SSSR count). The van der Waals surface area contributed by atoms with Crippen LogP contribution in [-0.2, 0) is 21.8 Å². The number of thioether (sulfide) groups is 1. The Morgan fingerprint density at radius 2 is 1.81 bits per heavy atom. The fraction of sp³-hybridized carbons (Fsp3) is 0.300. The first-order valence-corrected chi connectivity index (χ1v) is 9.77. The minimum Gasteiger partial charge on any atom is -0.446 e. The molecule has 1 fully saturated rings. The first-order chi connectivity index (χ1) is 13.1. The van der Waals surface area contributed by atoms with Crippen LogP contribution in [0.1, 0.15) is 18.1 Å². The maximum Gasteiger partial charge on any atom is 0.429 e. The van der Waals surface area contributed by atoms with Gasteiger partial charge in [0.25, 0.3) is 0 Å². The van der Waals surface area contributed by atoms with Gasteiger partial charge in [0.15, 0.2) is 0 Å². The number of cyclic esters (lactones) is 1. The summed E-state index contributed by atoms with van der Waals surface area (Å²) in [4.78, 5) is 24.1. The van der Waals surface area contributed by atoms with Gasteiger partial charge in [0.05, 0.1) is 0 Å². The Morgan fingerprint density at radius 1 is 1.19 bits per heavy atom. The van der Waals surface area contributed by atoms with Crippen LogP contribution in [0.2, 0.25) is 0 Å². The summed E-state index contributed by atoms with van der Waals surface area (Å²) in [6.45, 7) is 2.39. The van der Waals surface area contributed by atoms with Gasteiger partial charge in [0, 0.05) is 11.0 Å². The van der Waals surface area contributed by atoms with Crippen molar-refractivity contribution in [3.63, 3.8) is 0 Å². The van der Waals surface area contributed by atoms with Crippen LogP contribution < -0.4 is 5.43 Å². The van der Waals surface area contributed by atoms with Crippen LogP contribution in [0.15, 0.2) is 60.7 Å². The molecule has 7 heteroatoms. The van der Waals surface area contributed by atoms with Crippen LogP contribution in [0, 0.1) is 0 Å². The number of ether oxygens (including phenoxy) is 2. The van der Waals surface area contributed by atoms with E-state index in [1.54, 1.807) is 11.8 Å². The quantitative estimate of drug-likeness (QED) is 0.780. The van der Waals surface area contributed by atoms with Crippen molar-refractivity contribution in [2.45, 2.75) is 30.6 Å². The lowest BCUT2D eigenvalue weighted by atomic mass is 10.2. The third-order valence-electron chi connectivity index (χ3n) is 4.23. The third kappa shape index (κ3) is 5.40. The highest BCUT2D eigenvalue weighted by Crippen LogP contribution is 2.25. The molecular formula is C20H22N2O4S. The van der Waals surface area contributed by atoms with E-state index >= 15 is 0 Å². The van der Waals surface area contributed by atoms with Crippen molar-refractivity contribution >= 4 is 23.9 Å². The van der Waals surface area contributed by atoms with E-state index in [0.717, 1.165) is 11.3 Å². The van der Waals surface area contributed by atoms with E-state index in [-0.39, 0.29) is 24.5 Å². The summed E-state index contributed by atoms with van der Waals surface area (Å²) >= 11 is 1.70. The Balaban J connectivity index is 1.51. The van der Waals surface area contributed by atoms with Crippen molar-refractivity contribution < 1.29 is 19.1 Å². The molecule has 1 aliphatic heterocycles. The highest BCUT2D eigenvalue weighted by atomic mass is 32.2. The topological polar surface area (TPSA) is 67.9 Å². The van der Waals surface area contributed by atoms with Crippen LogP contribution in [0.5, 0.6) is 0 Å². The molecule has 0 spiro atoms. The van der Waals surface area contributed by atoms with Crippen LogP contribution in [0.25, 0.3) is 0 Å². The fourth-order valence-electron chi connectivity index (χ4n) is 2.68. The van der Waals surface area contributed by atoms with E-state index in [9.17, 15) is 9.59 Å². The normalized spacial score (nSPS) is 17.3. The molecule has 0 bridgehead atoms. The van der Waals surface area contributed by atoms with Crippen molar-refractivity contribution in [2.24, 2.45) is 0 Å². The van der Waals surface area contributed by atoms with Gasteiger partial charge in [-0.15, -0.1) is 0 Å². The molecule has 0 radical (unpaired) electrons. The zero-order valence-corrected chi connectivity index (χ0v) is 15.9. The number of hydrazine groups is 1. The number of hydrogen-bond donors (Lipinski definition) is 1. The number of nitrogens with zero attached hydrogens (tertiary/aromatic N) is 1. The Morgan fingerprint density at radius 3 is 2.48 bits per heavy atom. The molecule has 2 aromatic carbocycles. The number of hydrogen-bond acceptors (Lipinski definition) is 5. The second-order valence-electron chi connectivity index (χ2n) is 6.19. The standard InChI is InChI=1S/C20H22N2O4S/c1-15(27-14-17-10-6-3-7-11-17)18-13-26-20(24)22(18)21-19(23)25-12-16-8-4-2-5-9-16/h2-11,15,18H,12-14H2,1H3,(H,21,23)/t15-,18-/m1/s1. The molecule has 1 saturated heterocycles. The van der Waals surface area contributed by atoms with Crippen molar-refractivity contribution in [3.8, 4) is 0 Å². The van der Waals surface area contributed by atoms with E-state index in [2.05, 4.69) is 17.6 Å². The van der Waals surface area contributed by atoms with Gasteiger partial charge in [-0.1, -0.05) is 67.6 Å². The van der Waals surface area contributed by atoms with Gasteiger partial charge in [0.1, 0.15) is 19.3 Å². The predicted molar refractivity (Wildman–Crippen MR) is 104 cm³/mol. The second kappa shape index (κ2) is 9.32. The van der Waals surface area contributed by atoms with Crippen molar-refractivity contribution in [1.29, 1.82) is 0 Å². The molecule has 1 N–H and O–H groups in total. The SMILES string of the molecule is C[C@@H](SCc1ccccc1)[C@H]1COC(=O)N1NC(=O)OCc1ccccc1. The van der Waals surface area contributed by atoms with E-state index in [0.29, 0.717) is 0 Å². The smallest absolute Gasteiger partial charge is 0.429 e. The first kappa shape index (κ1) is 19.1. The number of carbonyl (C=O) groups is 2. The minimum atomic E-state index is -0.678. The Kier molecular flexibility index (Phi) is 6.59. The summed E-state index contributed by atoms with van der Waals surface area (Å²) in [7, 11) is 0. The summed E-state index contributed by atoms with van der Waals surface area (Å²) in [5.74, 6) is 0.818. The zero-order chi connectivity index (χ0) is 19.1. The molecule has 142 valence electrons. The van der Waals surface area contributed by atoms with E-state index in [1.165, 1.54) is 10.6 Å². The van der Waals surface area contributed by atoms with Crippen LogP contribution >= 0.6 is 11.8 Å². The Hall–Kier alpha value is -2.67. The molecule has 1 aliphatic rings. The lowest BCUT2D eigenvalue weighted by Crippen LogP contribution is -2.51. The lowest BCUT2D eigenvalue weighted by molar-refractivity contribution is 0.0992. The largest absolute Gasteiger partial charge is 0.446 e. The molecule has 2 amide bonds. The molecule has 2 aromatic rings. The molecule has 0 unspecified atom stereocenters. The van der Waals surface area contributed by atoms with Gasteiger partial charge in [0.2, 0.25) is 0 Å². The highest BCUT2D eigenvalue weighted by molar-refractivity contribution is 7.99. The third-order valence-corrected chi connectivity index (χ3v) is 5.57. The maximum atomic E-state index is 12.1. The number of nitrogens with one attached hydrogen (secondary N) is 1.